The largest absolute Gasteiger partial charge is 0.497 e. The number of amides is 2. The van der Waals surface area contributed by atoms with Crippen molar-refractivity contribution in [3.05, 3.63) is 59.1 Å². The molecule has 5 rings (SSSR count). The summed E-state index contributed by atoms with van der Waals surface area (Å²) in [7, 11) is 1.64. The molecule has 8 nitrogen and oxygen atoms in total. The Kier molecular flexibility index (Phi) is 5.40. The van der Waals surface area contributed by atoms with Gasteiger partial charge in [-0.25, -0.2) is 4.98 Å². The smallest absolute Gasteiger partial charge is 0.231 e. The molecule has 164 valence electrons. The minimum Gasteiger partial charge on any atom is -0.497 e. The third-order valence-corrected chi connectivity index (χ3v) is 6.37. The molecule has 1 saturated heterocycles. The van der Waals surface area contributed by atoms with E-state index in [9.17, 15) is 9.59 Å². The minimum absolute atomic E-state index is 0.0955. The van der Waals surface area contributed by atoms with E-state index in [0.29, 0.717) is 35.3 Å². The summed E-state index contributed by atoms with van der Waals surface area (Å²) < 4.78 is 16.0. The van der Waals surface area contributed by atoms with Gasteiger partial charge in [0.2, 0.25) is 18.6 Å². The van der Waals surface area contributed by atoms with E-state index in [4.69, 9.17) is 14.2 Å². The topological polar surface area (TPSA) is 90.0 Å². The van der Waals surface area contributed by atoms with Gasteiger partial charge in [-0.05, 0) is 29.8 Å². The van der Waals surface area contributed by atoms with Crippen molar-refractivity contribution < 1.29 is 23.8 Å². The second kappa shape index (κ2) is 8.51. The fourth-order valence-corrected chi connectivity index (χ4v) is 4.67. The predicted molar refractivity (Wildman–Crippen MR) is 120 cm³/mol. The number of anilines is 2. The maximum atomic E-state index is 12.8. The Morgan fingerprint density at radius 1 is 1.25 bits per heavy atom. The average molecular weight is 452 g/mol. The molecule has 0 aliphatic carbocycles. The van der Waals surface area contributed by atoms with Gasteiger partial charge >= 0.3 is 0 Å². The molecule has 0 saturated carbocycles. The molecule has 1 fully saturated rings. The van der Waals surface area contributed by atoms with Gasteiger partial charge in [-0.3, -0.25) is 9.59 Å². The first-order valence-electron chi connectivity index (χ1n) is 10.2. The standard InChI is InChI=1S/C23H21N3O5S/c1-29-17-4-2-3-14(7-17)8-18-11-24-23(32-18)25-22(28)15-9-21(27)26(12-15)16-5-6-19-20(10-16)31-13-30-19/h2-7,10-11,15H,8-9,12-13H2,1H3,(H,24,25,28). The van der Waals surface area contributed by atoms with Gasteiger partial charge in [-0.15, -0.1) is 11.3 Å². The van der Waals surface area contributed by atoms with Crippen LogP contribution in [0.4, 0.5) is 10.8 Å². The zero-order valence-corrected chi connectivity index (χ0v) is 18.2. The first-order valence-corrected chi connectivity index (χ1v) is 11.0. The van der Waals surface area contributed by atoms with Crippen molar-refractivity contribution in [2.24, 2.45) is 5.92 Å². The third-order valence-electron chi connectivity index (χ3n) is 5.46. The molecule has 1 N–H and O–H groups in total. The molecule has 9 heteroatoms. The van der Waals surface area contributed by atoms with Gasteiger partial charge in [0.15, 0.2) is 16.6 Å². The minimum atomic E-state index is -0.446. The summed E-state index contributed by atoms with van der Waals surface area (Å²) >= 11 is 1.43. The zero-order valence-electron chi connectivity index (χ0n) is 17.4. The summed E-state index contributed by atoms with van der Waals surface area (Å²) in [6.45, 7) is 0.484. The summed E-state index contributed by atoms with van der Waals surface area (Å²) in [4.78, 5) is 32.3. The van der Waals surface area contributed by atoms with Crippen molar-refractivity contribution in [3.8, 4) is 17.2 Å². The maximum absolute atomic E-state index is 12.8. The van der Waals surface area contributed by atoms with Crippen LogP contribution in [0.2, 0.25) is 0 Å². The van der Waals surface area contributed by atoms with Crippen LogP contribution < -0.4 is 24.4 Å². The molecular weight excluding hydrogens is 430 g/mol. The van der Waals surface area contributed by atoms with Crippen molar-refractivity contribution in [2.45, 2.75) is 12.8 Å². The second-order valence-corrected chi connectivity index (χ2v) is 8.71. The van der Waals surface area contributed by atoms with Gasteiger partial charge in [0.1, 0.15) is 5.75 Å². The number of nitrogens with one attached hydrogen (secondary N) is 1. The molecule has 0 bridgehead atoms. The van der Waals surface area contributed by atoms with Crippen molar-refractivity contribution in [2.75, 3.05) is 30.7 Å². The quantitative estimate of drug-likeness (QED) is 0.617. The van der Waals surface area contributed by atoms with Gasteiger partial charge in [0.25, 0.3) is 0 Å². The normalized spacial score (nSPS) is 17.0. The highest BCUT2D eigenvalue weighted by Gasteiger charge is 2.36. The van der Waals surface area contributed by atoms with E-state index < -0.39 is 5.92 Å². The van der Waals surface area contributed by atoms with E-state index in [1.807, 2.05) is 24.3 Å². The molecule has 0 spiro atoms. The SMILES string of the molecule is COc1cccc(Cc2cnc(NC(=O)C3CC(=O)N(c4ccc5c(c4)OCO5)C3)s2)c1. The molecule has 1 unspecified atom stereocenters. The molecule has 32 heavy (non-hydrogen) atoms. The van der Waals surface area contributed by atoms with Crippen LogP contribution in [0.5, 0.6) is 17.2 Å². The molecule has 2 aliphatic heterocycles. The number of methoxy groups -OCH3 is 1. The number of hydrogen-bond donors (Lipinski definition) is 1. The van der Waals surface area contributed by atoms with Crippen molar-refractivity contribution >= 4 is 34.0 Å². The summed E-state index contributed by atoms with van der Waals surface area (Å²) in [5.41, 5.74) is 1.80. The van der Waals surface area contributed by atoms with Crippen LogP contribution in [0, 0.1) is 5.92 Å². The molecule has 1 atom stereocenters. The Morgan fingerprint density at radius 3 is 3.00 bits per heavy atom. The predicted octanol–water partition coefficient (Wildman–Crippen LogP) is 3.46. The monoisotopic (exact) mass is 451 g/mol. The fraction of sp³-hybridized carbons (Fsp3) is 0.261. The number of hydrogen-bond acceptors (Lipinski definition) is 7. The number of nitrogens with zero attached hydrogens (tertiary/aromatic N) is 2. The number of ether oxygens (including phenoxy) is 3. The van der Waals surface area contributed by atoms with Crippen LogP contribution in [0.25, 0.3) is 0 Å². The first-order chi connectivity index (χ1) is 15.6. The number of carbonyl (C=O) groups is 2. The van der Waals surface area contributed by atoms with E-state index in [-0.39, 0.29) is 25.0 Å². The number of benzene rings is 2. The molecule has 3 heterocycles. The van der Waals surface area contributed by atoms with Crippen LogP contribution in [0.15, 0.2) is 48.7 Å². The Labute approximate surface area is 188 Å². The number of fused-ring (bicyclic) bond motifs is 1. The van der Waals surface area contributed by atoms with Gasteiger partial charge in [0.05, 0.1) is 13.0 Å². The molecule has 0 radical (unpaired) electrons. The Bertz CT molecular complexity index is 1180. The van der Waals surface area contributed by atoms with E-state index >= 15 is 0 Å². The first kappa shape index (κ1) is 20.3. The highest BCUT2D eigenvalue weighted by Crippen LogP contribution is 2.37. The number of carbonyl (C=O) groups excluding carboxylic acids is 2. The van der Waals surface area contributed by atoms with Crippen LogP contribution in [-0.2, 0) is 16.0 Å². The van der Waals surface area contributed by atoms with Crippen molar-refractivity contribution in [1.29, 1.82) is 0 Å². The van der Waals surface area contributed by atoms with Crippen molar-refractivity contribution in [1.82, 2.24) is 4.98 Å². The summed E-state index contributed by atoms with van der Waals surface area (Å²) in [6, 6.07) is 13.2. The zero-order chi connectivity index (χ0) is 22.1. The Morgan fingerprint density at radius 2 is 2.12 bits per heavy atom. The lowest BCUT2D eigenvalue weighted by atomic mass is 10.1. The molecule has 2 aliphatic rings. The lowest BCUT2D eigenvalue weighted by Gasteiger charge is -2.17. The van der Waals surface area contributed by atoms with E-state index in [1.54, 1.807) is 36.4 Å². The molecule has 2 amide bonds. The van der Waals surface area contributed by atoms with Crippen molar-refractivity contribution in [3.63, 3.8) is 0 Å². The third kappa shape index (κ3) is 4.11. The maximum Gasteiger partial charge on any atom is 0.231 e. The van der Waals surface area contributed by atoms with Gasteiger partial charge in [0, 0.05) is 42.2 Å². The van der Waals surface area contributed by atoms with Crippen LogP contribution in [0.3, 0.4) is 0 Å². The summed E-state index contributed by atoms with van der Waals surface area (Å²) in [6.07, 6.45) is 2.62. The Hall–Kier alpha value is -3.59. The molecule has 1 aromatic heterocycles. The lowest BCUT2D eigenvalue weighted by molar-refractivity contribution is -0.122. The summed E-state index contributed by atoms with van der Waals surface area (Å²) in [5.74, 6) is 1.32. The van der Waals surface area contributed by atoms with Gasteiger partial charge < -0.3 is 24.4 Å². The van der Waals surface area contributed by atoms with Crippen LogP contribution in [-0.4, -0.2) is 37.2 Å². The fourth-order valence-electron chi connectivity index (χ4n) is 3.82. The molecular formula is C23H21N3O5S. The second-order valence-electron chi connectivity index (χ2n) is 7.59. The highest BCUT2D eigenvalue weighted by molar-refractivity contribution is 7.15. The van der Waals surface area contributed by atoms with E-state index in [2.05, 4.69) is 10.3 Å². The molecule has 2 aromatic carbocycles. The summed E-state index contributed by atoms with van der Waals surface area (Å²) in [5, 5.41) is 3.40. The van der Waals surface area contributed by atoms with Gasteiger partial charge in [-0.1, -0.05) is 12.1 Å². The van der Waals surface area contributed by atoms with E-state index in [0.717, 1.165) is 16.2 Å². The molecule has 3 aromatic rings. The van der Waals surface area contributed by atoms with Crippen LogP contribution >= 0.6 is 11.3 Å². The average Bonchev–Trinajstić information content (AvgIpc) is 3.53. The lowest BCUT2D eigenvalue weighted by Crippen LogP contribution is -2.28. The Balaban J connectivity index is 1.21. The van der Waals surface area contributed by atoms with E-state index in [1.165, 1.54) is 11.3 Å². The highest BCUT2D eigenvalue weighted by atomic mass is 32.1. The van der Waals surface area contributed by atoms with Crippen LogP contribution in [0.1, 0.15) is 16.9 Å². The van der Waals surface area contributed by atoms with Gasteiger partial charge in [-0.2, -0.15) is 0 Å². The number of thiazole rings is 1. The number of rotatable bonds is 6. The number of aromatic nitrogens is 1.